The number of ether oxygens (including phenoxy) is 2. The summed E-state index contributed by atoms with van der Waals surface area (Å²) in [5, 5.41) is 8.44. The van der Waals surface area contributed by atoms with E-state index < -0.39 is 6.16 Å². The summed E-state index contributed by atoms with van der Waals surface area (Å²) in [7, 11) is 1.25. The maximum Gasteiger partial charge on any atom is 0.508 e. The number of hydrogen-bond acceptors (Lipinski definition) is 4. The lowest BCUT2D eigenvalue weighted by Gasteiger charge is -1.95. The molecule has 4 heteroatoms. The van der Waals surface area contributed by atoms with Gasteiger partial charge in [0.2, 0.25) is 0 Å². The summed E-state index contributed by atoms with van der Waals surface area (Å²) < 4.78 is 8.75. The first-order valence-electron chi connectivity index (χ1n) is 4.08. The van der Waals surface area contributed by atoms with Crippen molar-refractivity contribution >= 4 is 6.16 Å². The van der Waals surface area contributed by atoms with Crippen LogP contribution < -0.4 is 0 Å². The number of carbonyl (C=O) groups excluding carboxylic acids is 1. The van der Waals surface area contributed by atoms with Gasteiger partial charge in [0.1, 0.15) is 0 Å². The molecule has 0 aliphatic carbocycles. The molecule has 0 atom stereocenters. The average Bonchev–Trinajstić information content (AvgIpc) is 2.16. The molecule has 0 aliphatic rings. The molecule has 0 aromatic heterocycles. The molecule has 0 rings (SSSR count). The Kier molecular flexibility index (Phi) is 8.06. The first-order valence-corrected chi connectivity index (χ1v) is 4.08. The number of hydrogen-bond donors (Lipinski definition) is 1. The molecule has 4 nitrogen and oxygen atoms in total. The first kappa shape index (κ1) is 11.8. The third-order valence-electron chi connectivity index (χ3n) is 1.26. The van der Waals surface area contributed by atoms with Gasteiger partial charge < -0.3 is 14.6 Å². The summed E-state index contributed by atoms with van der Waals surface area (Å²) in [6.45, 7) is 0.256. The van der Waals surface area contributed by atoms with Crippen LogP contribution in [-0.4, -0.2) is 31.6 Å². The molecule has 0 aromatic rings. The molecule has 0 saturated heterocycles. The SMILES string of the molecule is COC(=O)OCC#CCCCCO. The van der Waals surface area contributed by atoms with Crippen LogP contribution in [0, 0.1) is 11.8 Å². The van der Waals surface area contributed by atoms with Gasteiger partial charge in [0.15, 0.2) is 6.61 Å². The van der Waals surface area contributed by atoms with Gasteiger partial charge in [-0.15, -0.1) is 0 Å². The van der Waals surface area contributed by atoms with Gasteiger partial charge in [-0.2, -0.15) is 0 Å². The van der Waals surface area contributed by atoms with E-state index in [-0.39, 0.29) is 13.2 Å². The van der Waals surface area contributed by atoms with E-state index >= 15 is 0 Å². The normalized spacial score (nSPS) is 8.46. The Hall–Kier alpha value is -1.21. The molecule has 74 valence electrons. The lowest BCUT2D eigenvalue weighted by atomic mass is 10.2. The highest BCUT2D eigenvalue weighted by atomic mass is 16.7. The number of unbranched alkanes of at least 4 members (excludes halogenated alkanes) is 2. The first-order chi connectivity index (χ1) is 6.31. The van der Waals surface area contributed by atoms with Crippen molar-refractivity contribution in [1.29, 1.82) is 0 Å². The van der Waals surface area contributed by atoms with Crippen LogP contribution in [0.4, 0.5) is 4.79 Å². The summed E-state index contributed by atoms with van der Waals surface area (Å²) >= 11 is 0. The molecular formula is C9H14O4. The van der Waals surface area contributed by atoms with Gasteiger partial charge >= 0.3 is 6.16 Å². The van der Waals surface area contributed by atoms with Crippen molar-refractivity contribution in [1.82, 2.24) is 0 Å². The van der Waals surface area contributed by atoms with E-state index in [1.165, 1.54) is 7.11 Å². The second kappa shape index (κ2) is 8.88. The minimum Gasteiger partial charge on any atom is -0.438 e. The molecular weight excluding hydrogens is 172 g/mol. The van der Waals surface area contributed by atoms with Crippen LogP contribution >= 0.6 is 0 Å². The van der Waals surface area contributed by atoms with Crippen LogP contribution in [0.15, 0.2) is 0 Å². The van der Waals surface area contributed by atoms with Crippen molar-refractivity contribution in [2.75, 3.05) is 20.3 Å². The van der Waals surface area contributed by atoms with Crippen molar-refractivity contribution < 1.29 is 19.4 Å². The van der Waals surface area contributed by atoms with Crippen molar-refractivity contribution in [2.45, 2.75) is 19.3 Å². The zero-order valence-electron chi connectivity index (χ0n) is 7.71. The molecule has 0 unspecified atom stereocenters. The molecule has 0 heterocycles. The van der Waals surface area contributed by atoms with Crippen molar-refractivity contribution in [2.24, 2.45) is 0 Å². The smallest absolute Gasteiger partial charge is 0.438 e. The fraction of sp³-hybridized carbons (Fsp3) is 0.667. The molecule has 0 amide bonds. The van der Waals surface area contributed by atoms with Gasteiger partial charge in [0.25, 0.3) is 0 Å². The molecule has 0 radical (unpaired) electrons. The Labute approximate surface area is 77.8 Å². The van der Waals surface area contributed by atoms with Crippen molar-refractivity contribution in [3.05, 3.63) is 0 Å². The van der Waals surface area contributed by atoms with Crippen molar-refractivity contribution in [3.63, 3.8) is 0 Å². The summed E-state index contributed by atoms with van der Waals surface area (Å²) in [6, 6.07) is 0. The molecule has 1 N–H and O–H groups in total. The third kappa shape index (κ3) is 8.70. The van der Waals surface area contributed by atoms with Crippen LogP contribution in [0.2, 0.25) is 0 Å². The Morgan fingerprint density at radius 3 is 2.77 bits per heavy atom. The Morgan fingerprint density at radius 2 is 2.15 bits per heavy atom. The molecule has 0 saturated carbocycles. The van der Waals surface area contributed by atoms with E-state index in [2.05, 4.69) is 21.3 Å². The van der Waals surface area contributed by atoms with Crippen LogP contribution in [0.1, 0.15) is 19.3 Å². The van der Waals surface area contributed by atoms with E-state index in [1.807, 2.05) is 0 Å². The zero-order chi connectivity index (χ0) is 9.94. The summed E-state index contributed by atoms with van der Waals surface area (Å²) in [5.41, 5.74) is 0. The van der Waals surface area contributed by atoms with Gasteiger partial charge in [-0.1, -0.05) is 11.8 Å². The molecule has 0 aromatic carbocycles. The highest BCUT2D eigenvalue weighted by molar-refractivity contribution is 5.59. The topological polar surface area (TPSA) is 55.8 Å². The number of aliphatic hydroxyl groups excluding tert-OH is 1. The van der Waals surface area contributed by atoms with Crippen molar-refractivity contribution in [3.8, 4) is 11.8 Å². The number of rotatable bonds is 4. The highest BCUT2D eigenvalue weighted by Gasteiger charge is 1.95. The molecule has 0 spiro atoms. The van der Waals surface area contributed by atoms with Gasteiger partial charge in [-0.25, -0.2) is 4.79 Å². The van der Waals surface area contributed by atoms with Crippen LogP contribution in [-0.2, 0) is 9.47 Å². The van der Waals surface area contributed by atoms with Gasteiger partial charge in [0.05, 0.1) is 7.11 Å². The number of methoxy groups -OCH3 is 1. The fourth-order valence-electron chi connectivity index (χ4n) is 0.619. The lowest BCUT2D eigenvalue weighted by Crippen LogP contribution is -2.03. The Bertz CT molecular complexity index is 190. The van der Waals surface area contributed by atoms with Crippen LogP contribution in [0.3, 0.4) is 0 Å². The molecule has 13 heavy (non-hydrogen) atoms. The Morgan fingerprint density at radius 1 is 1.38 bits per heavy atom. The van der Waals surface area contributed by atoms with Crippen LogP contribution in [0.25, 0.3) is 0 Å². The molecule has 0 aliphatic heterocycles. The monoisotopic (exact) mass is 186 g/mol. The van der Waals surface area contributed by atoms with Gasteiger partial charge in [-0.05, 0) is 12.8 Å². The third-order valence-corrected chi connectivity index (χ3v) is 1.26. The number of aliphatic hydroxyl groups is 1. The van der Waals surface area contributed by atoms with E-state index in [0.717, 1.165) is 12.8 Å². The standard InChI is InChI=1S/C9H14O4/c1-12-9(11)13-8-6-4-2-3-5-7-10/h10H,2-3,5,7-8H2,1H3. The minimum atomic E-state index is -0.718. The maximum absolute atomic E-state index is 10.4. The predicted molar refractivity (Wildman–Crippen MR) is 47.1 cm³/mol. The highest BCUT2D eigenvalue weighted by Crippen LogP contribution is 1.91. The fourth-order valence-corrected chi connectivity index (χ4v) is 0.619. The summed E-state index contributed by atoms with van der Waals surface area (Å²) in [6.07, 6.45) is 1.61. The van der Waals surface area contributed by atoms with Gasteiger partial charge in [-0.3, -0.25) is 0 Å². The number of carbonyl (C=O) groups is 1. The second-order valence-electron chi connectivity index (χ2n) is 2.28. The van der Waals surface area contributed by atoms with E-state index in [9.17, 15) is 4.79 Å². The van der Waals surface area contributed by atoms with E-state index in [4.69, 9.17) is 5.11 Å². The van der Waals surface area contributed by atoms with Gasteiger partial charge in [0, 0.05) is 13.0 Å². The Balaban J connectivity index is 3.25. The quantitative estimate of drug-likeness (QED) is 0.403. The summed E-state index contributed by atoms with van der Waals surface area (Å²) in [5.74, 6) is 5.46. The summed E-state index contributed by atoms with van der Waals surface area (Å²) in [4.78, 5) is 10.4. The molecule has 0 fully saturated rings. The minimum absolute atomic E-state index is 0.0613. The van der Waals surface area contributed by atoms with Crippen LogP contribution in [0.5, 0.6) is 0 Å². The van der Waals surface area contributed by atoms with E-state index in [0.29, 0.717) is 6.42 Å². The zero-order valence-corrected chi connectivity index (χ0v) is 7.71. The largest absolute Gasteiger partial charge is 0.508 e. The second-order valence-corrected chi connectivity index (χ2v) is 2.28. The lowest BCUT2D eigenvalue weighted by molar-refractivity contribution is 0.0832. The average molecular weight is 186 g/mol. The molecule has 0 bridgehead atoms. The predicted octanol–water partition coefficient (Wildman–Crippen LogP) is 0.935. The van der Waals surface area contributed by atoms with E-state index in [1.54, 1.807) is 0 Å². The maximum atomic E-state index is 10.4.